The molecule has 2 rings (SSSR count). The number of amides is 2. The molecule has 1 fully saturated rings. The lowest BCUT2D eigenvalue weighted by atomic mass is 10.1. The standard InChI is InChI=1S/C15H21N3O2/c1-11(16)15(20)17-13(12-6-3-2-4-7-12)10-18-9-5-8-14(18)19/h2-4,6-7,11,13H,5,8-10,16H2,1H3,(H,17,20)/t11-,13?/m1/s1. The molecule has 0 spiro atoms. The Morgan fingerprint density at radius 3 is 2.65 bits per heavy atom. The van der Waals surface area contributed by atoms with Gasteiger partial charge in [0.05, 0.1) is 12.1 Å². The van der Waals surface area contributed by atoms with E-state index < -0.39 is 6.04 Å². The minimum Gasteiger partial charge on any atom is -0.346 e. The van der Waals surface area contributed by atoms with Gasteiger partial charge in [-0.05, 0) is 18.9 Å². The Balaban J connectivity index is 2.11. The van der Waals surface area contributed by atoms with Crippen molar-refractivity contribution in [2.24, 2.45) is 5.73 Å². The second-order valence-electron chi connectivity index (χ2n) is 5.20. The molecule has 1 aliphatic heterocycles. The smallest absolute Gasteiger partial charge is 0.237 e. The Labute approximate surface area is 119 Å². The zero-order valence-corrected chi connectivity index (χ0v) is 11.7. The normalized spacial score (nSPS) is 17.9. The maximum atomic E-state index is 11.8. The lowest BCUT2D eigenvalue weighted by molar-refractivity contribution is -0.129. The SMILES string of the molecule is C[C@@H](N)C(=O)NC(CN1CCCC1=O)c1ccccc1. The molecule has 0 saturated carbocycles. The minimum absolute atomic E-state index is 0.154. The van der Waals surface area contributed by atoms with Crippen molar-refractivity contribution in [1.82, 2.24) is 10.2 Å². The van der Waals surface area contributed by atoms with Crippen molar-refractivity contribution in [2.45, 2.75) is 31.8 Å². The molecule has 3 N–H and O–H groups in total. The number of benzene rings is 1. The van der Waals surface area contributed by atoms with Crippen LogP contribution in [0.15, 0.2) is 30.3 Å². The van der Waals surface area contributed by atoms with Gasteiger partial charge in [0, 0.05) is 19.5 Å². The van der Waals surface area contributed by atoms with Gasteiger partial charge >= 0.3 is 0 Å². The summed E-state index contributed by atoms with van der Waals surface area (Å²) in [6, 6.07) is 8.90. The largest absolute Gasteiger partial charge is 0.346 e. The summed E-state index contributed by atoms with van der Waals surface area (Å²) in [5.41, 5.74) is 6.59. The van der Waals surface area contributed by atoms with Crippen LogP contribution in [0, 0.1) is 0 Å². The summed E-state index contributed by atoms with van der Waals surface area (Å²) in [7, 11) is 0. The zero-order chi connectivity index (χ0) is 14.5. The fourth-order valence-electron chi connectivity index (χ4n) is 2.34. The molecule has 5 heteroatoms. The van der Waals surface area contributed by atoms with Crippen LogP contribution in [0.1, 0.15) is 31.4 Å². The van der Waals surface area contributed by atoms with Gasteiger partial charge in [-0.3, -0.25) is 9.59 Å². The van der Waals surface area contributed by atoms with Gasteiger partial charge in [0.2, 0.25) is 11.8 Å². The van der Waals surface area contributed by atoms with Gasteiger partial charge in [-0.1, -0.05) is 30.3 Å². The molecule has 1 heterocycles. The van der Waals surface area contributed by atoms with Crippen molar-refractivity contribution in [3.05, 3.63) is 35.9 Å². The number of carbonyl (C=O) groups is 2. The van der Waals surface area contributed by atoms with E-state index in [1.165, 1.54) is 0 Å². The van der Waals surface area contributed by atoms with Crippen molar-refractivity contribution in [3.8, 4) is 0 Å². The highest BCUT2D eigenvalue weighted by Gasteiger charge is 2.25. The summed E-state index contributed by atoms with van der Waals surface area (Å²) < 4.78 is 0. The average molecular weight is 275 g/mol. The van der Waals surface area contributed by atoms with Crippen LogP contribution in [0.25, 0.3) is 0 Å². The van der Waals surface area contributed by atoms with Gasteiger partial charge in [-0.25, -0.2) is 0 Å². The Bertz CT molecular complexity index is 473. The molecule has 0 aromatic heterocycles. The van der Waals surface area contributed by atoms with Gasteiger partial charge < -0.3 is 16.0 Å². The highest BCUT2D eigenvalue weighted by atomic mass is 16.2. The number of hydrogen-bond acceptors (Lipinski definition) is 3. The third-order valence-electron chi connectivity index (χ3n) is 3.51. The molecule has 20 heavy (non-hydrogen) atoms. The maximum Gasteiger partial charge on any atom is 0.237 e. The number of hydrogen-bond donors (Lipinski definition) is 2. The van der Waals surface area contributed by atoms with Crippen molar-refractivity contribution in [2.75, 3.05) is 13.1 Å². The third-order valence-corrected chi connectivity index (χ3v) is 3.51. The molecule has 5 nitrogen and oxygen atoms in total. The van der Waals surface area contributed by atoms with Gasteiger partial charge in [-0.15, -0.1) is 0 Å². The van der Waals surface area contributed by atoms with Gasteiger partial charge in [0.25, 0.3) is 0 Å². The van der Waals surface area contributed by atoms with Crippen molar-refractivity contribution < 1.29 is 9.59 Å². The second-order valence-corrected chi connectivity index (χ2v) is 5.20. The highest BCUT2D eigenvalue weighted by molar-refractivity contribution is 5.82. The maximum absolute atomic E-state index is 11.8. The first-order valence-corrected chi connectivity index (χ1v) is 6.96. The van der Waals surface area contributed by atoms with Crippen LogP contribution < -0.4 is 11.1 Å². The molecule has 1 aromatic rings. The number of nitrogens with one attached hydrogen (secondary N) is 1. The fourth-order valence-corrected chi connectivity index (χ4v) is 2.34. The molecule has 0 radical (unpaired) electrons. The molecule has 2 amide bonds. The topological polar surface area (TPSA) is 75.4 Å². The monoisotopic (exact) mass is 275 g/mol. The molecule has 0 aliphatic carbocycles. The van der Waals surface area contributed by atoms with E-state index in [0.717, 1.165) is 18.5 Å². The molecular weight excluding hydrogens is 254 g/mol. The van der Waals surface area contributed by atoms with Gasteiger partial charge in [-0.2, -0.15) is 0 Å². The van der Waals surface area contributed by atoms with Crippen LogP contribution in [0.5, 0.6) is 0 Å². The summed E-state index contributed by atoms with van der Waals surface area (Å²) in [4.78, 5) is 25.4. The van der Waals surface area contributed by atoms with E-state index in [1.807, 2.05) is 30.3 Å². The van der Waals surface area contributed by atoms with E-state index in [9.17, 15) is 9.59 Å². The summed E-state index contributed by atoms with van der Waals surface area (Å²) >= 11 is 0. The van der Waals surface area contributed by atoms with E-state index in [4.69, 9.17) is 5.73 Å². The molecule has 108 valence electrons. The fraction of sp³-hybridized carbons (Fsp3) is 0.467. The average Bonchev–Trinajstić information content (AvgIpc) is 2.84. The van der Waals surface area contributed by atoms with Crippen molar-refractivity contribution in [3.63, 3.8) is 0 Å². The Hall–Kier alpha value is -1.88. The molecule has 1 aliphatic rings. The Morgan fingerprint density at radius 2 is 2.10 bits per heavy atom. The van der Waals surface area contributed by atoms with E-state index >= 15 is 0 Å². The van der Waals surface area contributed by atoms with Gasteiger partial charge in [0.15, 0.2) is 0 Å². The summed E-state index contributed by atoms with van der Waals surface area (Å²) in [6.45, 7) is 2.91. The predicted molar refractivity (Wildman–Crippen MR) is 76.8 cm³/mol. The van der Waals surface area contributed by atoms with Crippen LogP contribution in [0.4, 0.5) is 0 Å². The van der Waals surface area contributed by atoms with Crippen molar-refractivity contribution >= 4 is 11.8 Å². The third kappa shape index (κ3) is 3.57. The molecular formula is C15H21N3O2. The number of likely N-dealkylation sites (tertiary alicyclic amines) is 1. The second kappa shape index (κ2) is 6.52. The van der Waals surface area contributed by atoms with E-state index in [2.05, 4.69) is 5.32 Å². The Kier molecular flexibility index (Phi) is 4.74. The number of nitrogens with zero attached hydrogens (tertiary/aromatic N) is 1. The van der Waals surface area contributed by atoms with E-state index in [-0.39, 0.29) is 17.9 Å². The van der Waals surface area contributed by atoms with Crippen molar-refractivity contribution in [1.29, 1.82) is 0 Å². The molecule has 1 aromatic carbocycles. The number of rotatable bonds is 5. The molecule has 1 unspecified atom stereocenters. The lowest BCUT2D eigenvalue weighted by Gasteiger charge is -2.25. The molecule has 0 bridgehead atoms. The van der Waals surface area contributed by atoms with Crippen LogP contribution in [-0.2, 0) is 9.59 Å². The molecule has 2 atom stereocenters. The first-order valence-electron chi connectivity index (χ1n) is 6.96. The van der Waals surface area contributed by atoms with Crippen LogP contribution >= 0.6 is 0 Å². The quantitative estimate of drug-likeness (QED) is 0.835. The summed E-state index contributed by atoms with van der Waals surface area (Å²) in [5.74, 6) is -0.0496. The van der Waals surface area contributed by atoms with Crippen LogP contribution in [0.3, 0.4) is 0 Å². The van der Waals surface area contributed by atoms with Crippen LogP contribution in [-0.4, -0.2) is 35.8 Å². The summed E-state index contributed by atoms with van der Waals surface area (Å²) in [6.07, 6.45) is 1.49. The zero-order valence-electron chi connectivity index (χ0n) is 11.7. The molecule has 1 saturated heterocycles. The Morgan fingerprint density at radius 1 is 1.40 bits per heavy atom. The first kappa shape index (κ1) is 14.5. The first-order chi connectivity index (χ1) is 9.58. The van der Waals surface area contributed by atoms with Gasteiger partial charge in [0.1, 0.15) is 0 Å². The summed E-state index contributed by atoms with van der Waals surface area (Å²) in [5, 5.41) is 2.92. The predicted octanol–water partition coefficient (Wildman–Crippen LogP) is 0.814. The lowest BCUT2D eigenvalue weighted by Crippen LogP contribution is -2.44. The highest BCUT2D eigenvalue weighted by Crippen LogP contribution is 2.18. The number of nitrogens with two attached hydrogens (primary N) is 1. The minimum atomic E-state index is -0.560. The van der Waals surface area contributed by atoms with Crippen LogP contribution in [0.2, 0.25) is 0 Å². The number of carbonyl (C=O) groups excluding carboxylic acids is 2. The van der Waals surface area contributed by atoms with E-state index in [0.29, 0.717) is 13.0 Å². The van der Waals surface area contributed by atoms with E-state index in [1.54, 1.807) is 11.8 Å².